The van der Waals surface area contributed by atoms with Crippen LogP contribution in [0.2, 0.25) is 0 Å². The molecule has 3 N–H and O–H groups in total. The Kier molecular flexibility index (Phi) is 15.1. The Bertz CT molecular complexity index is 914. The SMILES string of the molecule is C[N+](C)(C)C[C@@H](CC(=O)O)NC(=O)NCCCCCCCOc1ccc(-c2ccccc2)cc1.O=C[O-]. The minimum atomic E-state index is -0.910. The number of benzene rings is 2. The lowest BCUT2D eigenvalue weighted by molar-refractivity contribution is -0.871. The van der Waals surface area contributed by atoms with Crippen LogP contribution in [0.4, 0.5) is 4.79 Å². The molecule has 0 heterocycles. The topological polar surface area (TPSA) is 128 Å². The molecule has 204 valence electrons. The maximum atomic E-state index is 12.1. The Morgan fingerprint density at radius 3 is 2.11 bits per heavy atom. The van der Waals surface area contributed by atoms with Gasteiger partial charge in [0, 0.05) is 13.0 Å². The summed E-state index contributed by atoms with van der Waals surface area (Å²) in [6, 6.07) is 17.8. The monoisotopic (exact) mass is 515 g/mol. The van der Waals surface area contributed by atoms with Crippen molar-refractivity contribution in [1.29, 1.82) is 0 Å². The lowest BCUT2D eigenvalue weighted by Crippen LogP contribution is -2.52. The lowest BCUT2D eigenvalue weighted by atomic mass is 10.1. The van der Waals surface area contributed by atoms with Gasteiger partial charge in [0.2, 0.25) is 0 Å². The molecule has 9 heteroatoms. The summed E-state index contributed by atoms with van der Waals surface area (Å²) in [5.74, 6) is -0.0201. The Morgan fingerprint density at radius 2 is 1.51 bits per heavy atom. The molecule has 0 spiro atoms. The van der Waals surface area contributed by atoms with E-state index >= 15 is 0 Å². The van der Waals surface area contributed by atoms with Gasteiger partial charge in [-0.15, -0.1) is 0 Å². The largest absolute Gasteiger partial charge is 0.554 e. The fourth-order valence-electron chi connectivity index (χ4n) is 3.79. The van der Waals surface area contributed by atoms with Crippen LogP contribution in [0.1, 0.15) is 38.5 Å². The van der Waals surface area contributed by atoms with Gasteiger partial charge in [-0.05, 0) is 36.1 Å². The predicted molar refractivity (Wildman–Crippen MR) is 142 cm³/mol. The summed E-state index contributed by atoms with van der Waals surface area (Å²) in [5, 5.41) is 22.9. The summed E-state index contributed by atoms with van der Waals surface area (Å²) >= 11 is 0. The second kappa shape index (κ2) is 17.8. The molecule has 9 nitrogen and oxygen atoms in total. The van der Waals surface area contributed by atoms with Gasteiger partial charge in [0.05, 0.1) is 46.8 Å². The molecular formula is C28H41N3O6. The van der Waals surface area contributed by atoms with Crippen LogP contribution in [0.25, 0.3) is 11.1 Å². The standard InChI is InChI=1S/C27H39N3O4.CH2O2/c1-30(2,3)21-24(20-26(31)32)29-27(33)28-18-10-5-4-6-11-19-34-25-16-14-23(15-17-25)22-12-8-7-9-13-22;2-1-3/h7-9,12-17,24H,4-6,10-11,18-21H2,1-3H3,(H2-,28,29,31,32,33);1H,(H,2,3)/t24-;/m1./s1. The van der Waals surface area contributed by atoms with E-state index in [0.29, 0.717) is 24.2 Å². The first kappa shape index (κ1) is 31.4. The van der Waals surface area contributed by atoms with Gasteiger partial charge in [-0.2, -0.15) is 0 Å². The van der Waals surface area contributed by atoms with Crippen LogP contribution >= 0.6 is 0 Å². The van der Waals surface area contributed by atoms with E-state index in [2.05, 4.69) is 34.9 Å². The van der Waals surface area contributed by atoms with Gasteiger partial charge < -0.3 is 34.9 Å². The third kappa shape index (κ3) is 15.9. The van der Waals surface area contributed by atoms with Crippen LogP contribution in [0, 0.1) is 0 Å². The molecule has 0 radical (unpaired) electrons. The number of carbonyl (C=O) groups excluding carboxylic acids is 2. The number of likely N-dealkylation sites (N-methyl/N-ethyl adjacent to an activating group) is 1. The predicted octanol–water partition coefficient (Wildman–Crippen LogP) is 2.90. The number of carbonyl (C=O) groups is 3. The number of ether oxygens (including phenoxy) is 1. The molecule has 2 aromatic rings. The molecular weight excluding hydrogens is 474 g/mol. The summed E-state index contributed by atoms with van der Waals surface area (Å²) in [5.41, 5.74) is 2.38. The molecule has 0 saturated carbocycles. The minimum absolute atomic E-state index is 0.0812. The van der Waals surface area contributed by atoms with Crippen molar-refractivity contribution in [2.24, 2.45) is 0 Å². The molecule has 0 aliphatic rings. The number of nitrogens with one attached hydrogen (secondary N) is 2. The number of unbranched alkanes of at least 4 members (excludes halogenated alkanes) is 4. The van der Waals surface area contributed by atoms with Crippen molar-refractivity contribution in [1.82, 2.24) is 10.6 Å². The molecule has 2 amide bonds. The molecule has 0 fully saturated rings. The van der Waals surface area contributed by atoms with E-state index in [1.54, 1.807) is 0 Å². The number of rotatable bonds is 15. The normalized spacial score (nSPS) is 11.4. The highest BCUT2D eigenvalue weighted by atomic mass is 16.5. The number of aliphatic carboxylic acids is 1. The fourth-order valence-corrected chi connectivity index (χ4v) is 3.79. The van der Waals surface area contributed by atoms with Crippen molar-refractivity contribution in [3.8, 4) is 16.9 Å². The third-order valence-corrected chi connectivity index (χ3v) is 5.36. The second-order valence-corrected chi connectivity index (χ2v) is 9.77. The zero-order valence-corrected chi connectivity index (χ0v) is 22.2. The Labute approximate surface area is 220 Å². The van der Waals surface area contributed by atoms with E-state index in [1.807, 2.05) is 51.5 Å². The summed E-state index contributed by atoms with van der Waals surface area (Å²) in [4.78, 5) is 31.4. The summed E-state index contributed by atoms with van der Waals surface area (Å²) in [6.45, 7) is 1.34. The molecule has 0 aromatic heterocycles. The van der Waals surface area contributed by atoms with E-state index in [9.17, 15) is 9.59 Å². The molecule has 2 aromatic carbocycles. The number of carboxylic acids is 1. The fraction of sp³-hybridized carbons (Fsp3) is 0.464. The molecule has 37 heavy (non-hydrogen) atoms. The highest BCUT2D eigenvalue weighted by Gasteiger charge is 2.22. The van der Waals surface area contributed by atoms with Crippen LogP contribution in [-0.4, -0.2) is 74.9 Å². The van der Waals surface area contributed by atoms with Crippen molar-refractivity contribution in [2.45, 2.75) is 44.6 Å². The number of urea groups is 1. The first-order valence-electron chi connectivity index (χ1n) is 12.5. The van der Waals surface area contributed by atoms with Gasteiger partial charge in [-0.1, -0.05) is 61.7 Å². The van der Waals surface area contributed by atoms with Gasteiger partial charge >= 0.3 is 12.0 Å². The molecule has 0 unspecified atom stereocenters. The van der Waals surface area contributed by atoms with E-state index in [0.717, 1.165) is 37.9 Å². The zero-order valence-electron chi connectivity index (χ0n) is 22.2. The van der Waals surface area contributed by atoms with Gasteiger partial charge in [0.15, 0.2) is 0 Å². The van der Waals surface area contributed by atoms with Crippen molar-refractivity contribution in [2.75, 3.05) is 40.8 Å². The van der Waals surface area contributed by atoms with Crippen molar-refractivity contribution in [3.05, 3.63) is 54.6 Å². The molecule has 0 aliphatic heterocycles. The van der Waals surface area contributed by atoms with Crippen LogP contribution in [0.5, 0.6) is 5.75 Å². The second-order valence-electron chi connectivity index (χ2n) is 9.77. The van der Waals surface area contributed by atoms with Crippen molar-refractivity contribution < 1.29 is 33.8 Å². The zero-order chi connectivity index (χ0) is 27.5. The van der Waals surface area contributed by atoms with Gasteiger partial charge in [-0.25, -0.2) is 4.79 Å². The van der Waals surface area contributed by atoms with Crippen LogP contribution in [0.3, 0.4) is 0 Å². The van der Waals surface area contributed by atoms with Crippen LogP contribution < -0.4 is 20.5 Å². The Hall–Kier alpha value is -3.59. The van der Waals surface area contributed by atoms with Gasteiger partial charge in [0.1, 0.15) is 5.75 Å². The molecule has 2 rings (SSSR count). The first-order chi connectivity index (χ1) is 17.6. The average molecular weight is 516 g/mol. The molecule has 0 bridgehead atoms. The third-order valence-electron chi connectivity index (χ3n) is 5.36. The number of quaternary nitrogens is 1. The lowest BCUT2D eigenvalue weighted by Gasteiger charge is -2.29. The minimum Gasteiger partial charge on any atom is -0.554 e. The molecule has 1 atom stereocenters. The smallest absolute Gasteiger partial charge is 0.315 e. The van der Waals surface area contributed by atoms with Crippen molar-refractivity contribution >= 4 is 18.5 Å². The molecule has 0 saturated heterocycles. The maximum absolute atomic E-state index is 12.1. The summed E-state index contributed by atoms with van der Waals surface area (Å²) in [7, 11) is 5.92. The number of amides is 2. The van der Waals surface area contributed by atoms with E-state index in [-0.39, 0.29) is 12.5 Å². The van der Waals surface area contributed by atoms with E-state index in [1.165, 1.54) is 11.1 Å². The molecule has 0 aliphatic carbocycles. The average Bonchev–Trinajstić information content (AvgIpc) is 2.83. The number of hydrogen-bond acceptors (Lipinski definition) is 5. The van der Waals surface area contributed by atoms with Gasteiger partial charge in [-0.3, -0.25) is 4.79 Å². The Balaban J connectivity index is 0.00000217. The number of hydrogen-bond donors (Lipinski definition) is 3. The van der Waals surface area contributed by atoms with Crippen LogP contribution in [0.15, 0.2) is 54.6 Å². The van der Waals surface area contributed by atoms with E-state index < -0.39 is 18.5 Å². The Morgan fingerprint density at radius 1 is 0.946 bits per heavy atom. The highest BCUT2D eigenvalue weighted by molar-refractivity contribution is 5.75. The van der Waals surface area contributed by atoms with Crippen molar-refractivity contribution in [3.63, 3.8) is 0 Å². The summed E-state index contributed by atoms with van der Waals surface area (Å²) < 4.78 is 6.43. The van der Waals surface area contributed by atoms with E-state index in [4.69, 9.17) is 19.7 Å². The number of nitrogens with zero attached hydrogens (tertiary/aromatic N) is 1. The quantitative estimate of drug-likeness (QED) is 0.190. The highest BCUT2D eigenvalue weighted by Crippen LogP contribution is 2.22. The number of carboxylic acid groups (broad SMARTS) is 2. The maximum Gasteiger partial charge on any atom is 0.315 e. The first-order valence-corrected chi connectivity index (χ1v) is 12.5. The summed E-state index contributed by atoms with van der Waals surface area (Å²) in [6.07, 6.45) is 5.01. The van der Waals surface area contributed by atoms with Crippen LogP contribution in [-0.2, 0) is 9.59 Å². The van der Waals surface area contributed by atoms with Gasteiger partial charge in [0.25, 0.3) is 0 Å².